The van der Waals surface area contributed by atoms with Gasteiger partial charge < -0.3 is 14.7 Å². The van der Waals surface area contributed by atoms with Gasteiger partial charge in [0.25, 0.3) is 0 Å². The molecule has 0 saturated heterocycles. The lowest BCUT2D eigenvalue weighted by Crippen LogP contribution is -2.20. The van der Waals surface area contributed by atoms with Crippen molar-refractivity contribution in [3.05, 3.63) is 23.2 Å². The van der Waals surface area contributed by atoms with E-state index in [1.807, 2.05) is 11.9 Å². The van der Waals surface area contributed by atoms with Crippen molar-refractivity contribution >= 4 is 23.1 Å². The number of halogens is 1. The molecular formula is C10H13ClN6O. The fraction of sp³-hybridized carbons (Fsp3) is 0.400. The Hall–Kier alpha value is -1.89. The van der Waals surface area contributed by atoms with E-state index in [0.717, 1.165) is 0 Å². The Bertz CT molecular complexity index is 543. The van der Waals surface area contributed by atoms with E-state index in [9.17, 15) is 0 Å². The van der Waals surface area contributed by atoms with E-state index in [-0.39, 0.29) is 0 Å². The van der Waals surface area contributed by atoms with Gasteiger partial charge in [-0.2, -0.15) is 4.98 Å². The SMILES string of the molecule is CNc1c(Cl)ncnc1N(C)Cc1noc(C)n1. The molecule has 2 rings (SSSR count). The molecular weight excluding hydrogens is 256 g/mol. The maximum absolute atomic E-state index is 5.99. The molecule has 0 radical (unpaired) electrons. The van der Waals surface area contributed by atoms with Gasteiger partial charge in [-0.1, -0.05) is 16.8 Å². The van der Waals surface area contributed by atoms with Gasteiger partial charge in [-0.25, -0.2) is 9.97 Å². The summed E-state index contributed by atoms with van der Waals surface area (Å²) in [6.07, 6.45) is 1.41. The Morgan fingerprint density at radius 2 is 2.22 bits per heavy atom. The first-order chi connectivity index (χ1) is 8.61. The van der Waals surface area contributed by atoms with Crippen LogP contribution in [0.1, 0.15) is 11.7 Å². The Kier molecular flexibility index (Phi) is 3.61. The van der Waals surface area contributed by atoms with Crippen LogP contribution in [0, 0.1) is 6.92 Å². The third kappa shape index (κ3) is 2.51. The highest BCUT2D eigenvalue weighted by Crippen LogP contribution is 2.28. The Labute approximate surface area is 109 Å². The molecule has 2 aromatic rings. The second kappa shape index (κ2) is 5.18. The van der Waals surface area contributed by atoms with E-state index in [1.54, 1.807) is 14.0 Å². The quantitative estimate of drug-likeness (QED) is 0.842. The summed E-state index contributed by atoms with van der Waals surface area (Å²) in [5.41, 5.74) is 0.668. The van der Waals surface area contributed by atoms with E-state index < -0.39 is 0 Å². The standard InChI is InChI=1S/C10H13ClN6O/c1-6-15-7(16-18-6)4-17(3)10-8(12-2)9(11)13-5-14-10/h5,12H,4H2,1-3H3. The minimum Gasteiger partial charge on any atom is -0.383 e. The van der Waals surface area contributed by atoms with Gasteiger partial charge in [-0.15, -0.1) is 0 Å². The van der Waals surface area contributed by atoms with Crippen LogP contribution in [0.2, 0.25) is 5.15 Å². The molecule has 96 valence electrons. The highest BCUT2D eigenvalue weighted by Gasteiger charge is 2.14. The molecule has 2 heterocycles. The molecule has 18 heavy (non-hydrogen) atoms. The van der Waals surface area contributed by atoms with Crippen molar-refractivity contribution in [2.75, 3.05) is 24.3 Å². The van der Waals surface area contributed by atoms with E-state index in [4.69, 9.17) is 16.1 Å². The highest BCUT2D eigenvalue weighted by atomic mass is 35.5. The molecule has 0 aromatic carbocycles. The Balaban J connectivity index is 2.23. The zero-order valence-corrected chi connectivity index (χ0v) is 11.1. The molecule has 7 nitrogen and oxygen atoms in total. The lowest BCUT2D eigenvalue weighted by atomic mass is 10.4. The van der Waals surface area contributed by atoms with Gasteiger partial charge in [0.05, 0.1) is 6.54 Å². The molecule has 0 amide bonds. The number of aromatic nitrogens is 4. The zero-order valence-electron chi connectivity index (χ0n) is 10.3. The second-order valence-electron chi connectivity index (χ2n) is 3.70. The first-order valence-corrected chi connectivity index (χ1v) is 5.68. The minimum atomic E-state index is 0.374. The summed E-state index contributed by atoms with van der Waals surface area (Å²) >= 11 is 5.99. The number of aryl methyl sites for hydroxylation is 1. The van der Waals surface area contributed by atoms with E-state index in [1.165, 1.54) is 6.33 Å². The number of hydrogen-bond acceptors (Lipinski definition) is 7. The largest absolute Gasteiger partial charge is 0.383 e. The lowest BCUT2D eigenvalue weighted by Gasteiger charge is -2.19. The molecule has 1 N–H and O–H groups in total. The van der Waals surface area contributed by atoms with Crippen molar-refractivity contribution in [3.8, 4) is 0 Å². The smallest absolute Gasteiger partial charge is 0.223 e. The van der Waals surface area contributed by atoms with Gasteiger partial charge in [0.2, 0.25) is 5.89 Å². The van der Waals surface area contributed by atoms with Gasteiger partial charge in [0, 0.05) is 21.0 Å². The maximum Gasteiger partial charge on any atom is 0.223 e. The molecule has 0 atom stereocenters. The average molecular weight is 269 g/mol. The second-order valence-corrected chi connectivity index (χ2v) is 4.06. The monoisotopic (exact) mass is 268 g/mol. The first kappa shape index (κ1) is 12.6. The molecule has 0 unspecified atom stereocenters. The van der Waals surface area contributed by atoms with Gasteiger partial charge in [-0.05, 0) is 0 Å². The summed E-state index contributed by atoms with van der Waals surface area (Å²) in [5.74, 6) is 1.81. The summed E-state index contributed by atoms with van der Waals surface area (Å²) in [5, 5.41) is 7.18. The molecule has 8 heteroatoms. The van der Waals surface area contributed by atoms with Crippen LogP contribution in [0.4, 0.5) is 11.5 Å². The van der Waals surface area contributed by atoms with Crippen LogP contribution in [0.5, 0.6) is 0 Å². The van der Waals surface area contributed by atoms with Crippen molar-refractivity contribution in [3.63, 3.8) is 0 Å². The molecule has 0 saturated carbocycles. The van der Waals surface area contributed by atoms with Crippen LogP contribution >= 0.6 is 11.6 Å². The van der Waals surface area contributed by atoms with E-state index in [2.05, 4.69) is 25.4 Å². The van der Waals surface area contributed by atoms with Crippen LogP contribution < -0.4 is 10.2 Å². The maximum atomic E-state index is 5.99. The summed E-state index contributed by atoms with van der Waals surface area (Å²) in [7, 11) is 3.63. The predicted octanol–water partition coefficient (Wildman–Crippen LogP) is 1.50. The fourth-order valence-electron chi connectivity index (χ4n) is 1.55. The topological polar surface area (TPSA) is 80.0 Å². The molecule has 2 aromatic heterocycles. The van der Waals surface area contributed by atoms with Crippen molar-refractivity contribution in [1.29, 1.82) is 0 Å². The predicted molar refractivity (Wildman–Crippen MR) is 67.7 cm³/mol. The number of hydrogen-bond donors (Lipinski definition) is 1. The first-order valence-electron chi connectivity index (χ1n) is 5.30. The number of rotatable bonds is 4. The Morgan fingerprint density at radius 1 is 1.44 bits per heavy atom. The molecule has 0 spiro atoms. The van der Waals surface area contributed by atoms with Crippen LogP contribution in [-0.4, -0.2) is 34.2 Å². The lowest BCUT2D eigenvalue weighted by molar-refractivity contribution is 0.387. The fourth-order valence-corrected chi connectivity index (χ4v) is 1.78. The van der Waals surface area contributed by atoms with Crippen LogP contribution in [0.25, 0.3) is 0 Å². The normalized spacial score (nSPS) is 10.4. The van der Waals surface area contributed by atoms with Crippen LogP contribution in [0.15, 0.2) is 10.9 Å². The summed E-state index contributed by atoms with van der Waals surface area (Å²) in [4.78, 5) is 14.1. The van der Waals surface area contributed by atoms with Gasteiger partial charge in [0.15, 0.2) is 16.8 Å². The summed E-state index contributed by atoms with van der Waals surface area (Å²) in [6.45, 7) is 2.22. The van der Waals surface area contributed by atoms with Gasteiger partial charge in [-0.3, -0.25) is 0 Å². The summed E-state index contributed by atoms with van der Waals surface area (Å²) < 4.78 is 4.92. The third-order valence-electron chi connectivity index (χ3n) is 2.34. The number of nitrogens with one attached hydrogen (secondary N) is 1. The third-order valence-corrected chi connectivity index (χ3v) is 2.63. The minimum absolute atomic E-state index is 0.374. The molecule has 0 aliphatic heterocycles. The number of anilines is 2. The van der Waals surface area contributed by atoms with Crippen molar-refractivity contribution in [2.45, 2.75) is 13.5 Å². The van der Waals surface area contributed by atoms with E-state index >= 15 is 0 Å². The zero-order chi connectivity index (χ0) is 13.1. The van der Waals surface area contributed by atoms with E-state index in [0.29, 0.717) is 34.9 Å². The van der Waals surface area contributed by atoms with Crippen molar-refractivity contribution in [2.24, 2.45) is 0 Å². The van der Waals surface area contributed by atoms with Crippen LogP contribution in [0.3, 0.4) is 0 Å². The van der Waals surface area contributed by atoms with Gasteiger partial charge >= 0.3 is 0 Å². The number of nitrogens with zero attached hydrogens (tertiary/aromatic N) is 5. The molecule has 0 aliphatic rings. The Morgan fingerprint density at radius 3 is 2.83 bits per heavy atom. The molecule has 0 aliphatic carbocycles. The summed E-state index contributed by atoms with van der Waals surface area (Å²) in [6, 6.07) is 0. The van der Waals surface area contributed by atoms with Crippen LogP contribution in [-0.2, 0) is 6.54 Å². The average Bonchev–Trinajstić information content (AvgIpc) is 2.74. The van der Waals surface area contributed by atoms with Crippen molar-refractivity contribution < 1.29 is 4.52 Å². The highest BCUT2D eigenvalue weighted by molar-refractivity contribution is 6.32. The molecule has 0 fully saturated rings. The molecule has 0 bridgehead atoms. The van der Waals surface area contributed by atoms with Gasteiger partial charge in [0.1, 0.15) is 12.0 Å². The van der Waals surface area contributed by atoms with Crippen molar-refractivity contribution in [1.82, 2.24) is 20.1 Å².